The van der Waals surface area contributed by atoms with Gasteiger partial charge in [0.15, 0.2) is 0 Å². The molecule has 18 heteroatoms. The molecule has 0 aliphatic heterocycles. The van der Waals surface area contributed by atoms with Crippen molar-refractivity contribution < 1.29 is 0 Å². The Morgan fingerprint density at radius 2 is 0.680 bits per heavy atom. The molecule has 0 saturated heterocycles. The summed E-state index contributed by atoms with van der Waals surface area (Å²) in [4.78, 5) is 0. The summed E-state index contributed by atoms with van der Waals surface area (Å²) >= 11 is 75.0. The Morgan fingerprint density at radius 1 is 0.440 bits per heavy atom. The van der Waals surface area contributed by atoms with Crippen molar-refractivity contribution in [1.82, 2.24) is 0 Å². The molecule has 0 unspecified atom stereocenters. The maximum atomic E-state index is 6.53. The van der Waals surface area contributed by atoms with Crippen molar-refractivity contribution in [2.45, 2.75) is 41.2 Å². The summed E-state index contributed by atoms with van der Waals surface area (Å²) in [7, 11) is -3.76. The molecule has 152 valence electrons. The maximum absolute atomic E-state index is 6.53. The van der Waals surface area contributed by atoms with Gasteiger partial charge in [0, 0.05) is 0 Å². The summed E-state index contributed by atoms with van der Waals surface area (Å²) in [6, 6.07) is 2.04. The van der Waals surface area contributed by atoms with Crippen LogP contribution in [0.1, 0.15) is 0 Å². The predicted octanol–water partition coefficient (Wildman–Crippen LogP) is 8.68. The fourth-order valence-corrected chi connectivity index (χ4v) is 55.7. The second-order valence-corrected chi connectivity index (χ2v) is 48.2. The van der Waals surface area contributed by atoms with Crippen LogP contribution in [-0.2, 0) is 0 Å². The van der Waals surface area contributed by atoms with Crippen molar-refractivity contribution in [2.75, 3.05) is 0 Å². The zero-order valence-electron chi connectivity index (χ0n) is 12.6. The largest absolute Gasteiger partial charge is 0.250 e. The van der Waals surface area contributed by atoms with Gasteiger partial charge < -0.3 is 0 Å². The maximum Gasteiger partial charge on any atom is 0.250 e. The van der Waals surface area contributed by atoms with E-state index in [0.717, 1.165) is 0 Å². The van der Waals surface area contributed by atoms with Crippen LogP contribution in [0.5, 0.6) is 0 Å². The van der Waals surface area contributed by atoms with Gasteiger partial charge in [0.2, 0.25) is 14.8 Å². The minimum Gasteiger partial charge on any atom is -0.151 e. The van der Waals surface area contributed by atoms with Crippen LogP contribution < -0.4 is 0 Å². The van der Waals surface area contributed by atoms with Crippen LogP contribution in [-0.4, -0.2) is 41.6 Å². The van der Waals surface area contributed by atoms with Gasteiger partial charge in [-0.05, 0) is 41.2 Å². The molecule has 0 aliphatic carbocycles. The first-order valence-electron chi connectivity index (χ1n) is 7.03. The van der Waals surface area contributed by atoms with Gasteiger partial charge in [-0.1, -0.05) is 0 Å². The van der Waals surface area contributed by atoms with Crippen LogP contribution >= 0.6 is 133 Å². The molecule has 0 fully saturated rings. The van der Waals surface area contributed by atoms with E-state index in [9.17, 15) is 0 Å². The van der Waals surface area contributed by atoms with E-state index in [1.54, 1.807) is 0 Å². The lowest BCUT2D eigenvalue weighted by atomic mass is 10.9. The highest BCUT2D eigenvalue weighted by Crippen LogP contribution is 2.43. The van der Waals surface area contributed by atoms with Crippen molar-refractivity contribution >= 4 is 175 Å². The molecule has 0 atom stereocenters. The zero-order valence-corrected chi connectivity index (χ0v) is 28.0. The third kappa shape index (κ3) is 17.1. The van der Waals surface area contributed by atoms with E-state index in [4.69, 9.17) is 133 Å². The van der Waals surface area contributed by atoms with E-state index < -0.39 is 41.6 Å². The second kappa shape index (κ2) is 12.7. The molecule has 0 spiro atoms. The number of halogens is 12. The van der Waals surface area contributed by atoms with Gasteiger partial charge in [0.05, 0.1) is 0 Å². The average molecular weight is 694 g/mol. The van der Waals surface area contributed by atoms with E-state index in [0.29, 0.717) is 41.2 Å². The van der Waals surface area contributed by atoms with Gasteiger partial charge >= 0.3 is 0 Å². The molecule has 0 saturated carbocycles. The van der Waals surface area contributed by atoms with E-state index in [1.165, 1.54) is 0 Å². The molecule has 0 radical (unpaired) electrons. The molecule has 25 heavy (non-hydrogen) atoms. The van der Waals surface area contributed by atoms with Crippen molar-refractivity contribution in [2.24, 2.45) is 0 Å². The minimum absolute atomic E-state index is 0.383. The molecule has 0 aromatic heterocycles. The molecular formula is C7H16Cl12Si6. The minimum atomic E-state index is -2.70. The average Bonchev–Trinajstić information content (AvgIpc) is 2.30. The highest BCUT2D eigenvalue weighted by Gasteiger charge is 2.45. The summed E-state index contributed by atoms with van der Waals surface area (Å²) < 4.78 is 0. The Bertz CT molecular complexity index is 367. The topological polar surface area (TPSA) is 0 Å². The summed E-state index contributed by atoms with van der Waals surface area (Å²) in [5, 5.41) is 0. The van der Waals surface area contributed by atoms with Crippen molar-refractivity contribution in [1.29, 1.82) is 0 Å². The van der Waals surface area contributed by atoms with E-state index >= 15 is 0 Å². The highest BCUT2D eigenvalue weighted by molar-refractivity contribution is 7.58. The predicted molar refractivity (Wildman–Crippen MR) is 141 cm³/mol. The zero-order chi connectivity index (χ0) is 20.1. The van der Waals surface area contributed by atoms with Crippen LogP contribution in [0.3, 0.4) is 0 Å². The van der Waals surface area contributed by atoms with Gasteiger partial charge in [-0.2, -0.15) is 44.3 Å². The first-order valence-corrected chi connectivity index (χ1v) is 33.4. The fraction of sp³-hybridized carbons (Fsp3) is 1.00. The second-order valence-electron chi connectivity index (χ2n) is 5.79. The molecule has 0 aliphatic rings. The molecule has 0 aromatic rings. The number of hydrogen-bond acceptors (Lipinski definition) is 0. The SMILES string of the molecule is Cl[SiH](Cl)C[Si](Cl)(Cl)CC[Si](Cl)(Cl)C[Si](Cl)(Cl)CC[Si](Cl)(Cl)C[SiH](Cl)Cl. The van der Waals surface area contributed by atoms with Gasteiger partial charge in [0.1, 0.15) is 0 Å². The van der Waals surface area contributed by atoms with Gasteiger partial charge in [-0.15, -0.1) is 88.6 Å². The first kappa shape index (κ1) is 29.8. The molecule has 0 rings (SSSR count). The molecule has 0 heterocycles. The number of rotatable bonds is 12. The summed E-state index contributed by atoms with van der Waals surface area (Å²) in [5.74, 6) is 0. The summed E-state index contributed by atoms with van der Waals surface area (Å²) in [6.07, 6.45) is 0. The standard InChI is InChI=1S/C7H16Cl12Si6/c8-20(9)5-22(12,13)1-3-24(16,17)7-25(18,19)4-2-23(14,15)6-21(10)11/h20-21H,1-7H2. The van der Waals surface area contributed by atoms with Crippen LogP contribution in [0.2, 0.25) is 41.2 Å². The monoisotopic (exact) mass is 688 g/mol. The fourth-order valence-electron chi connectivity index (χ4n) is 1.94. The van der Waals surface area contributed by atoms with Crippen LogP contribution in [0.15, 0.2) is 0 Å². The Labute approximate surface area is 213 Å². The smallest absolute Gasteiger partial charge is 0.151 e. The Hall–Kier alpha value is 4.78. The highest BCUT2D eigenvalue weighted by atomic mass is 35.7. The summed E-state index contributed by atoms with van der Waals surface area (Å²) in [6.45, 7) is -10.5. The lowest BCUT2D eigenvalue weighted by Crippen LogP contribution is -2.36. The lowest BCUT2D eigenvalue weighted by molar-refractivity contribution is 1.33. The first-order chi connectivity index (χ1) is 11.0. The molecular weight excluding hydrogens is 678 g/mol. The third-order valence-corrected chi connectivity index (χ3v) is 39.9. The van der Waals surface area contributed by atoms with Gasteiger partial charge in [0.25, 0.3) is 26.8 Å². The van der Waals surface area contributed by atoms with E-state index in [-0.39, 0.29) is 0 Å². The quantitative estimate of drug-likeness (QED) is 0.142. The van der Waals surface area contributed by atoms with Crippen LogP contribution in [0.25, 0.3) is 0 Å². The number of hydrogen-bond donors (Lipinski definition) is 0. The van der Waals surface area contributed by atoms with E-state index in [1.807, 2.05) is 0 Å². The van der Waals surface area contributed by atoms with Crippen LogP contribution in [0.4, 0.5) is 0 Å². The molecule has 0 bridgehead atoms. The Morgan fingerprint density at radius 3 is 0.920 bits per heavy atom. The Kier molecular flexibility index (Phi) is 15.2. The van der Waals surface area contributed by atoms with Crippen molar-refractivity contribution in [3.8, 4) is 0 Å². The lowest BCUT2D eigenvalue weighted by Gasteiger charge is -2.27. The van der Waals surface area contributed by atoms with Gasteiger partial charge in [-0.3, -0.25) is 0 Å². The molecule has 0 N–H and O–H groups in total. The molecule has 0 amide bonds. The molecule has 0 nitrogen and oxygen atoms in total. The van der Waals surface area contributed by atoms with Crippen LogP contribution in [0, 0.1) is 0 Å². The van der Waals surface area contributed by atoms with Crippen molar-refractivity contribution in [3.63, 3.8) is 0 Å². The van der Waals surface area contributed by atoms with E-state index in [2.05, 4.69) is 0 Å². The normalized spacial score (nSPS) is 14.6. The molecule has 0 aromatic carbocycles. The van der Waals surface area contributed by atoms with Gasteiger partial charge in [-0.25, -0.2) is 0 Å². The summed E-state index contributed by atoms with van der Waals surface area (Å²) in [5.41, 5.74) is 1.35. The van der Waals surface area contributed by atoms with Crippen molar-refractivity contribution in [3.05, 3.63) is 0 Å². The third-order valence-electron chi connectivity index (χ3n) is 3.14. The Balaban J connectivity index is 4.59.